The zero-order valence-electron chi connectivity index (χ0n) is 11.7. The summed E-state index contributed by atoms with van der Waals surface area (Å²) in [5.74, 6) is -2.26. The van der Waals surface area contributed by atoms with E-state index in [0.29, 0.717) is 11.6 Å². The molecule has 1 aliphatic rings. The predicted octanol–water partition coefficient (Wildman–Crippen LogP) is 4.60. The molecule has 0 radical (unpaired) electrons. The predicted molar refractivity (Wildman–Crippen MR) is 80.8 cm³/mol. The van der Waals surface area contributed by atoms with Crippen LogP contribution in [0.5, 0.6) is 0 Å². The fraction of sp³-hybridized carbons (Fsp3) is 0.235. The van der Waals surface area contributed by atoms with Gasteiger partial charge in [0.2, 0.25) is 0 Å². The average molecular weight is 322 g/mol. The maximum Gasteiger partial charge on any atom is 0.260 e. The van der Waals surface area contributed by atoms with Gasteiger partial charge in [-0.1, -0.05) is 29.8 Å². The van der Waals surface area contributed by atoms with Crippen LogP contribution in [0.2, 0.25) is 5.02 Å². The van der Waals surface area contributed by atoms with Crippen molar-refractivity contribution < 1.29 is 13.6 Å². The topological polar surface area (TPSA) is 20.3 Å². The first-order valence-corrected chi connectivity index (χ1v) is 7.46. The summed E-state index contributed by atoms with van der Waals surface area (Å²) in [6.07, 6.45) is 1.57. The Morgan fingerprint density at radius 2 is 1.73 bits per heavy atom. The highest BCUT2D eigenvalue weighted by molar-refractivity contribution is 6.30. The van der Waals surface area contributed by atoms with E-state index >= 15 is 0 Å². The van der Waals surface area contributed by atoms with Crippen LogP contribution < -0.4 is 0 Å². The van der Waals surface area contributed by atoms with Gasteiger partial charge in [-0.05, 0) is 42.7 Å². The Hall–Kier alpha value is -1.94. The van der Waals surface area contributed by atoms with Crippen molar-refractivity contribution in [2.75, 3.05) is 6.54 Å². The van der Waals surface area contributed by atoms with E-state index in [1.54, 1.807) is 12.1 Å². The summed E-state index contributed by atoms with van der Waals surface area (Å²) in [7, 11) is 0. The Morgan fingerprint density at radius 3 is 2.36 bits per heavy atom. The van der Waals surface area contributed by atoms with E-state index in [1.165, 1.54) is 11.0 Å². The van der Waals surface area contributed by atoms with Crippen LogP contribution in [-0.4, -0.2) is 17.4 Å². The van der Waals surface area contributed by atoms with Gasteiger partial charge >= 0.3 is 0 Å². The van der Waals surface area contributed by atoms with E-state index in [-0.39, 0.29) is 6.04 Å². The minimum Gasteiger partial charge on any atom is -0.331 e. The molecule has 0 N–H and O–H groups in total. The molecule has 1 unspecified atom stereocenters. The van der Waals surface area contributed by atoms with Gasteiger partial charge in [0.15, 0.2) is 0 Å². The second-order valence-electron chi connectivity index (χ2n) is 5.30. The molecule has 2 aromatic rings. The molecule has 0 bridgehead atoms. The molecule has 2 aromatic carbocycles. The van der Waals surface area contributed by atoms with Crippen LogP contribution in [-0.2, 0) is 0 Å². The summed E-state index contributed by atoms with van der Waals surface area (Å²) >= 11 is 5.88. The van der Waals surface area contributed by atoms with Crippen molar-refractivity contribution in [3.8, 4) is 0 Å². The average Bonchev–Trinajstić information content (AvgIpc) is 2.97. The number of hydrogen-bond acceptors (Lipinski definition) is 1. The molecule has 114 valence electrons. The first-order valence-electron chi connectivity index (χ1n) is 7.08. The molecule has 2 nitrogen and oxygen atoms in total. The van der Waals surface area contributed by atoms with Crippen LogP contribution >= 0.6 is 11.6 Å². The van der Waals surface area contributed by atoms with Crippen molar-refractivity contribution in [2.45, 2.75) is 18.9 Å². The second-order valence-corrected chi connectivity index (χ2v) is 5.74. The van der Waals surface area contributed by atoms with Gasteiger partial charge in [0.25, 0.3) is 5.91 Å². The normalized spacial score (nSPS) is 17.8. The number of rotatable bonds is 2. The largest absolute Gasteiger partial charge is 0.331 e. The number of carbonyl (C=O) groups is 1. The van der Waals surface area contributed by atoms with E-state index in [0.717, 1.165) is 30.5 Å². The lowest BCUT2D eigenvalue weighted by Crippen LogP contribution is -2.32. The lowest BCUT2D eigenvalue weighted by Gasteiger charge is -2.25. The van der Waals surface area contributed by atoms with Crippen LogP contribution in [0.25, 0.3) is 0 Å². The number of likely N-dealkylation sites (tertiary alicyclic amines) is 1. The smallest absolute Gasteiger partial charge is 0.260 e. The van der Waals surface area contributed by atoms with Gasteiger partial charge in [-0.25, -0.2) is 8.78 Å². The SMILES string of the molecule is O=C(c1c(F)cccc1F)N1CCCC1c1ccc(Cl)cc1. The minimum atomic E-state index is -0.827. The summed E-state index contributed by atoms with van der Waals surface area (Å²) < 4.78 is 27.7. The number of benzene rings is 2. The van der Waals surface area contributed by atoms with Gasteiger partial charge < -0.3 is 4.90 Å². The third-order valence-electron chi connectivity index (χ3n) is 3.95. The lowest BCUT2D eigenvalue weighted by atomic mass is 10.0. The second kappa shape index (κ2) is 6.05. The highest BCUT2D eigenvalue weighted by atomic mass is 35.5. The molecule has 1 fully saturated rings. The van der Waals surface area contributed by atoms with E-state index in [2.05, 4.69) is 0 Å². The summed E-state index contributed by atoms with van der Waals surface area (Å²) in [5.41, 5.74) is 0.440. The fourth-order valence-corrected chi connectivity index (χ4v) is 3.01. The summed E-state index contributed by atoms with van der Waals surface area (Å²) in [6, 6.07) is 10.5. The zero-order valence-corrected chi connectivity index (χ0v) is 12.5. The number of amides is 1. The minimum absolute atomic E-state index is 0.177. The first kappa shape index (κ1) is 15.0. The monoisotopic (exact) mass is 321 g/mol. The lowest BCUT2D eigenvalue weighted by molar-refractivity contribution is 0.0725. The van der Waals surface area contributed by atoms with Crippen molar-refractivity contribution in [1.29, 1.82) is 0 Å². The number of nitrogens with zero attached hydrogens (tertiary/aromatic N) is 1. The van der Waals surface area contributed by atoms with Gasteiger partial charge in [-0.3, -0.25) is 4.79 Å². The van der Waals surface area contributed by atoms with E-state index in [1.807, 2.05) is 12.1 Å². The molecule has 1 saturated heterocycles. The number of halogens is 3. The van der Waals surface area contributed by atoms with Crippen LogP contribution in [0, 0.1) is 11.6 Å². The fourth-order valence-electron chi connectivity index (χ4n) is 2.89. The molecular weight excluding hydrogens is 308 g/mol. The maximum atomic E-state index is 13.8. The van der Waals surface area contributed by atoms with Crippen LogP contribution in [0.15, 0.2) is 42.5 Å². The van der Waals surface area contributed by atoms with E-state index in [4.69, 9.17) is 11.6 Å². The highest BCUT2D eigenvalue weighted by Gasteiger charge is 2.33. The molecule has 1 amide bonds. The highest BCUT2D eigenvalue weighted by Crippen LogP contribution is 2.34. The van der Waals surface area contributed by atoms with Gasteiger partial charge in [-0.15, -0.1) is 0 Å². The van der Waals surface area contributed by atoms with Crippen molar-refractivity contribution in [3.05, 3.63) is 70.2 Å². The summed E-state index contributed by atoms with van der Waals surface area (Å²) in [4.78, 5) is 14.1. The quantitative estimate of drug-likeness (QED) is 0.792. The number of hydrogen-bond donors (Lipinski definition) is 0. The number of carbonyl (C=O) groups excluding carboxylic acids is 1. The molecule has 3 rings (SSSR count). The first-order chi connectivity index (χ1) is 10.6. The molecule has 0 aliphatic carbocycles. The molecule has 1 atom stereocenters. The summed E-state index contributed by atoms with van der Waals surface area (Å²) in [5, 5.41) is 0.611. The third kappa shape index (κ3) is 2.71. The molecule has 0 spiro atoms. The van der Waals surface area contributed by atoms with Crippen molar-refractivity contribution in [2.24, 2.45) is 0 Å². The summed E-state index contributed by atoms with van der Waals surface area (Å²) in [6.45, 7) is 0.486. The van der Waals surface area contributed by atoms with Gasteiger partial charge in [-0.2, -0.15) is 0 Å². The van der Waals surface area contributed by atoms with Gasteiger partial charge in [0, 0.05) is 11.6 Å². The Morgan fingerprint density at radius 1 is 1.09 bits per heavy atom. The maximum absolute atomic E-state index is 13.8. The standard InChI is InChI=1S/C17H14ClF2NO/c18-12-8-6-11(7-9-12)15-5-2-10-21(15)17(22)16-13(19)3-1-4-14(16)20/h1,3-4,6-9,15H,2,5,10H2. The Bertz CT molecular complexity index is 682. The molecule has 5 heteroatoms. The molecule has 0 aromatic heterocycles. The molecule has 22 heavy (non-hydrogen) atoms. The molecule has 1 aliphatic heterocycles. The van der Waals surface area contributed by atoms with E-state index < -0.39 is 23.1 Å². The van der Waals surface area contributed by atoms with Crippen molar-refractivity contribution in [3.63, 3.8) is 0 Å². The Labute approximate surface area is 132 Å². The molecule has 1 heterocycles. The Kier molecular flexibility index (Phi) is 4.12. The van der Waals surface area contributed by atoms with Gasteiger partial charge in [0.05, 0.1) is 6.04 Å². The van der Waals surface area contributed by atoms with Crippen molar-refractivity contribution in [1.82, 2.24) is 4.90 Å². The zero-order chi connectivity index (χ0) is 15.7. The molecular formula is C17H14ClF2NO. The van der Waals surface area contributed by atoms with Crippen LogP contribution in [0.4, 0.5) is 8.78 Å². The van der Waals surface area contributed by atoms with Crippen LogP contribution in [0.3, 0.4) is 0 Å². The van der Waals surface area contributed by atoms with Crippen LogP contribution in [0.1, 0.15) is 34.8 Å². The van der Waals surface area contributed by atoms with Gasteiger partial charge in [0.1, 0.15) is 17.2 Å². The van der Waals surface area contributed by atoms with Crippen molar-refractivity contribution >= 4 is 17.5 Å². The Balaban J connectivity index is 1.93. The molecule has 0 saturated carbocycles. The third-order valence-corrected chi connectivity index (χ3v) is 4.20. The van der Waals surface area contributed by atoms with E-state index in [9.17, 15) is 13.6 Å².